The second kappa shape index (κ2) is 12.9. The number of likely N-dealkylation sites (tertiary alicyclic amines) is 1. The van der Waals surface area contributed by atoms with E-state index in [2.05, 4.69) is 10.6 Å². The number of carboxylic acids is 2. The highest BCUT2D eigenvalue weighted by molar-refractivity contribution is 5.96. The molecule has 0 spiro atoms. The van der Waals surface area contributed by atoms with Crippen LogP contribution in [0.25, 0.3) is 0 Å². The van der Waals surface area contributed by atoms with Crippen LogP contribution in [-0.2, 0) is 24.0 Å². The highest BCUT2D eigenvalue weighted by Crippen LogP contribution is 2.19. The van der Waals surface area contributed by atoms with Crippen molar-refractivity contribution >= 4 is 29.7 Å². The fourth-order valence-electron chi connectivity index (χ4n) is 3.41. The number of nitrogens with one attached hydrogen (secondary N) is 2. The Morgan fingerprint density at radius 2 is 1.75 bits per heavy atom. The molecule has 0 aliphatic carbocycles. The number of carbonyl (C=O) groups excluding carboxylic acids is 3. The summed E-state index contributed by atoms with van der Waals surface area (Å²) in [5.74, 6) is -5.15. The molecule has 0 bridgehead atoms. The molecular weight excluding hydrogens is 426 g/mol. The molecular formula is C19H33N5O8. The minimum Gasteiger partial charge on any atom is -0.481 e. The number of aliphatic carboxylic acids is 2. The van der Waals surface area contributed by atoms with Crippen molar-refractivity contribution in [3.8, 4) is 0 Å². The number of unbranched alkanes of at least 4 members (excludes halogenated alkanes) is 1. The maximum absolute atomic E-state index is 12.8. The van der Waals surface area contributed by atoms with E-state index in [4.69, 9.17) is 16.6 Å². The number of carbonyl (C=O) groups is 5. The van der Waals surface area contributed by atoms with Gasteiger partial charge in [0, 0.05) is 6.54 Å². The molecule has 0 radical (unpaired) electrons. The summed E-state index contributed by atoms with van der Waals surface area (Å²) in [7, 11) is 0. The number of carboxylic acid groups (broad SMARTS) is 2. The van der Waals surface area contributed by atoms with Gasteiger partial charge in [0.15, 0.2) is 0 Å². The van der Waals surface area contributed by atoms with Crippen molar-refractivity contribution in [1.82, 2.24) is 15.5 Å². The molecule has 0 aromatic heterocycles. The van der Waals surface area contributed by atoms with Crippen LogP contribution in [0.2, 0.25) is 0 Å². The van der Waals surface area contributed by atoms with E-state index in [-0.39, 0.29) is 19.4 Å². The van der Waals surface area contributed by atoms with E-state index in [1.165, 1.54) is 6.92 Å². The summed E-state index contributed by atoms with van der Waals surface area (Å²) in [6.07, 6.45) is -0.00251. The van der Waals surface area contributed by atoms with E-state index in [1.807, 2.05) is 0 Å². The Morgan fingerprint density at radius 3 is 2.28 bits per heavy atom. The lowest BCUT2D eigenvalue weighted by atomic mass is 10.1. The highest BCUT2D eigenvalue weighted by Gasteiger charge is 2.40. The largest absolute Gasteiger partial charge is 0.481 e. The van der Waals surface area contributed by atoms with Gasteiger partial charge in [-0.1, -0.05) is 6.42 Å². The van der Waals surface area contributed by atoms with Crippen molar-refractivity contribution in [3.05, 3.63) is 0 Å². The van der Waals surface area contributed by atoms with Crippen molar-refractivity contribution in [3.63, 3.8) is 0 Å². The van der Waals surface area contributed by atoms with Gasteiger partial charge < -0.3 is 42.3 Å². The first-order valence-corrected chi connectivity index (χ1v) is 10.5. The molecule has 1 heterocycles. The van der Waals surface area contributed by atoms with E-state index in [9.17, 15) is 34.2 Å². The van der Waals surface area contributed by atoms with Crippen molar-refractivity contribution in [2.75, 3.05) is 13.1 Å². The Hall–Kier alpha value is -2.77. The summed E-state index contributed by atoms with van der Waals surface area (Å²) in [5.41, 5.74) is 11.2. The number of rotatable bonds is 13. The topological polar surface area (TPSA) is 225 Å². The van der Waals surface area contributed by atoms with Crippen LogP contribution in [-0.4, -0.2) is 93.2 Å². The van der Waals surface area contributed by atoms with E-state index >= 15 is 0 Å². The molecule has 1 fully saturated rings. The first-order chi connectivity index (χ1) is 15.0. The fourth-order valence-corrected chi connectivity index (χ4v) is 3.41. The third-order valence-corrected chi connectivity index (χ3v) is 5.18. The van der Waals surface area contributed by atoms with E-state index < -0.39 is 66.4 Å². The molecule has 3 amide bonds. The van der Waals surface area contributed by atoms with Gasteiger partial charge in [0.25, 0.3) is 0 Å². The Kier molecular flexibility index (Phi) is 11.0. The Balaban J connectivity index is 2.90. The maximum atomic E-state index is 12.8. The van der Waals surface area contributed by atoms with Crippen LogP contribution in [0.4, 0.5) is 0 Å². The zero-order chi connectivity index (χ0) is 24.4. The maximum Gasteiger partial charge on any atom is 0.326 e. The summed E-state index contributed by atoms with van der Waals surface area (Å²) in [6.45, 7) is 1.79. The van der Waals surface area contributed by atoms with E-state index in [1.54, 1.807) is 0 Å². The van der Waals surface area contributed by atoms with Gasteiger partial charge >= 0.3 is 11.9 Å². The number of amides is 3. The van der Waals surface area contributed by atoms with Crippen LogP contribution in [0, 0.1) is 0 Å². The van der Waals surface area contributed by atoms with Crippen LogP contribution in [0.3, 0.4) is 0 Å². The first-order valence-electron chi connectivity index (χ1n) is 10.5. The molecule has 1 saturated heterocycles. The molecule has 5 atom stereocenters. The van der Waals surface area contributed by atoms with Gasteiger partial charge in [-0.25, -0.2) is 4.79 Å². The normalized spacial score (nSPS) is 19.5. The minimum atomic E-state index is -1.55. The molecule has 1 rings (SSSR count). The van der Waals surface area contributed by atoms with Gasteiger partial charge in [-0.15, -0.1) is 0 Å². The van der Waals surface area contributed by atoms with Gasteiger partial charge in [-0.2, -0.15) is 0 Å². The third-order valence-electron chi connectivity index (χ3n) is 5.18. The molecule has 0 saturated carbocycles. The highest BCUT2D eigenvalue weighted by atomic mass is 16.4. The summed E-state index contributed by atoms with van der Waals surface area (Å²) in [6, 6.07) is -5.14. The number of hydrogen-bond acceptors (Lipinski definition) is 8. The lowest BCUT2D eigenvalue weighted by molar-refractivity contribution is -0.151. The molecule has 32 heavy (non-hydrogen) atoms. The molecule has 0 aromatic rings. The summed E-state index contributed by atoms with van der Waals surface area (Å²) in [5, 5.41) is 32.9. The zero-order valence-electron chi connectivity index (χ0n) is 18.0. The number of nitrogens with zero attached hydrogens (tertiary/aromatic N) is 1. The van der Waals surface area contributed by atoms with Gasteiger partial charge in [0.2, 0.25) is 17.7 Å². The molecule has 1 aliphatic heterocycles. The van der Waals surface area contributed by atoms with Gasteiger partial charge in [-0.05, 0) is 39.2 Å². The molecule has 9 N–H and O–H groups in total. The average Bonchev–Trinajstić information content (AvgIpc) is 3.20. The number of hydrogen-bond donors (Lipinski definition) is 7. The van der Waals surface area contributed by atoms with Crippen molar-refractivity contribution < 1.29 is 39.3 Å². The monoisotopic (exact) mass is 459 g/mol. The standard InChI is InChI=1S/C19H33N5O8/c1-10(25)15(18(30)24-8-4-6-13(24)19(31)32)23-17(29)12(9-14(26)27)22-16(28)11(21)5-2-3-7-20/h10-13,15,25H,2-9,20-21H2,1H3,(H,22,28)(H,23,29)(H,26,27)(H,31,32). The molecule has 13 heteroatoms. The van der Waals surface area contributed by atoms with Crippen molar-refractivity contribution in [2.45, 2.75) is 75.7 Å². The molecule has 0 aromatic carbocycles. The summed E-state index contributed by atoms with van der Waals surface area (Å²) < 4.78 is 0. The molecule has 13 nitrogen and oxygen atoms in total. The Labute approximate surface area is 185 Å². The van der Waals surface area contributed by atoms with Crippen LogP contribution in [0.1, 0.15) is 45.4 Å². The second-order valence-electron chi connectivity index (χ2n) is 7.80. The first kappa shape index (κ1) is 27.3. The van der Waals surface area contributed by atoms with Gasteiger partial charge in [0.05, 0.1) is 18.6 Å². The Bertz CT molecular complexity index is 701. The van der Waals surface area contributed by atoms with Crippen molar-refractivity contribution in [1.29, 1.82) is 0 Å². The van der Waals surface area contributed by atoms with Crippen LogP contribution in [0.15, 0.2) is 0 Å². The third kappa shape index (κ3) is 8.05. The number of aliphatic hydroxyl groups is 1. The Morgan fingerprint density at radius 1 is 1.09 bits per heavy atom. The molecule has 1 aliphatic rings. The minimum absolute atomic E-state index is 0.141. The van der Waals surface area contributed by atoms with Gasteiger partial charge in [0.1, 0.15) is 18.1 Å². The predicted molar refractivity (Wildman–Crippen MR) is 111 cm³/mol. The van der Waals surface area contributed by atoms with Crippen molar-refractivity contribution in [2.24, 2.45) is 11.5 Å². The predicted octanol–water partition coefficient (Wildman–Crippen LogP) is -2.66. The average molecular weight is 460 g/mol. The second-order valence-corrected chi connectivity index (χ2v) is 7.80. The summed E-state index contributed by atoms with van der Waals surface area (Å²) >= 11 is 0. The van der Waals surface area contributed by atoms with E-state index in [0.29, 0.717) is 25.8 Å². The quantitative estimate of drug-likeness (QED) is 0.141. The summed E-state index contributed by atoms with van der Waals surface area (Å²) in [4.78, 5) is 61.4. The number of nitrogens with two attached hydrogens (primary N) is 2. The molecule has 182 valence electrons. The molecule has 5 unspecified atom stereocenters. The lowest BCUT2D eigenvalue weighted by Crippen LogP contribution is -2.60. The lowest BCUT2D eigenvalue weighted by Gasteiger charge is -2.30. The smallest absolute Gasteiger partial charge is 0.326 e. The van der Waals surface area contributed by atoms with Crippen LogP contribution < -0.4 is 22.1 Å². The SMILES string of the molecule is CC(O)C(NC(=O)C(CC(=O)O)NC(=O)C(N)CCCCN)C(=O)N1CCCC1C(=O)O. The number of aliphatic hydroxyl groups excluding tert-OH is 1. The van der Waals surface area contributed by atoms with E-state index in [0.717, 1.165) is 4.90 Å². The fraction of sp³-hybridized carbons (Fsp3) is 0.737. The zero-order valence-corrected chi connectivity index (χ0v) is 18.0. The van der Waals surface area contributed by atoms with Crippen LogP contribution in [0.5, 0.6) is 0 Å². The van der Waals surface area contributed by atoms with Crippen LogP contribution >= 0.6 is 0 Å². The van der Waals surface area contributed by atoms with Gasteiger partial charge in [-0.3, -0.25) is 19.2 Å².